The monoisotopic (exact) mass is 540 g/mol. The van der Waals surface area contributed by atoms with Gasteiger partial charge in [-0.1, -0.05) is 0 Å². The van der Waals surface area contributed by atoms with Gasteiger partial charge in [-0.15, -0.1) is 0 Å². The van der Waals surface area contributed by atoms with Crippen molar-refractivity contribution in [2.75, 3.05) is 0 Å². The van der Waals surface area contributed by atoms with Crippen molar-refractivity contribution >= 4 is 56.9 Å². The van der Waals surface area contributed by atoms with Gasteiger partial charge in [-0.3, -0.25) is 0 Å². The summed E-state index contributed by atoms with van der Waals surface area (Å²) in [5.74, 6) is 0. The third kappa shape index (κ3) is 4.78. The van der Waals surface area contributed by atoms with Crippen LogP contribution in [0.1, 0.15) is 43.0 Å². The van der Waals surface area contributed by atoms with E-state index in [4.69, 9.17) is 0 Å². The molecule has 1 heterocycles. The van der Waals surface area contributed by atoms with Crippen LogP contribution in [0.4, 0.5) is 0 Å². The van der Waals surface area contributed by atoms with Gasteiger partial charge in [0, 0.05) is 18.9 Å². The van der Waals surface area contributed by atoms with E-state index in [-0.39, 0.29) is 22.3 Å². The van der Waals surface area contributed by atoms with E-state index in [0.29, 0.717) is 0 Å². The van der Waals surface area contributed by atoms with Gasteiger partial charge in [0.1, 0.15) is 0 Å². The zero-order valence-electron chi connectivity index (χ0n) is 20.5. The Hall–Kier alpha value is -2.24. The molecule has 0 spiro atoms. The molecule has 4 aromatic rings. The summed E-state index contributed by atoms with van der Waals surface area (Å²) in [6, 6.07) is 44.4. The smallest absolute Gasteiger partial charge is 0 e. The largest absolute Gasteiger partial charge is 0 e. The van der Waals surface area contributed by atoms with Crippen LogP contribution in [-0.2, 0) is 0 Å². The van der Waals surface area contributed by atoms with Crippen molar-refractivity contribution in [3.05, 3.63) is 144 Å². The van der Waals surface area contributed by atoms with E-state index in [1.54, 1.807) is 7.18 Å². The van der Waals surface area contributed by atoms with Gasteiger partial charge in [0.15, 0.2) is 0 Å². The minimum absolute atomic E-state index is 0. The van der Waals surface area contributed by atoms with E-state index >= 15 is 0 Å². The van der Waals surface area contributed by atoms with E-state index in [1.807, 2.05) is 0 Å². The van der Waals surface area contributed by atoms with Crippen molar-refractivity contribution < 1.29 is 0 Å². The molecule has 34 heavy (non-hydrogen) atoms. The fraction of sp³-hybridized carbons (Fsp3) is 0.125. The first-order chi connectivity index (χ1) is 16.1. The predicted octanol–water partition coefficient (Wildman–Crippen LogP) is 8.21. The molecule has 5 rings (SSSR count). The molecule has 0 aromatic heterocycles. The van der Waals surface area contributed by atoms with Gasteiger partial charge in [0.25, 0.3) is 0 Å². The molecule has 2 radical (unpaired) electrons. The fourth-order valence-corrected chi connectivity index (χ4v) is 15.5. The van der Waals surface area contributed by atoms with Gasteiger partial charge in [-0.05, 0) is 0 Å². The standard InChI is InChI=1S/C28H20.C4H9.Li.Sn/c1-5-13-23(14-6-1)21-27(25-17-9-3-10-18-25)28(26-19-11-4-12-20-26)22-24-15-7-2-8-16-24;1-4(2)3;;/h1-20H;1-3H3;;. The average Bonchev–Trinajstić information content (AvgIpc) is 3.23. The summed E-state index contributed by atoms with van der Waals surface area (Å²) in [6.45, 7) is 7.39. The molecule has 0 aliphatic carbocycles. The van der Waals surface area contributed by atoms with E-state index < -0.39 is 19.8 Å². The first-order valence-electron chi connectivity index (χ1n) is 11.6. The SMILES string of the molecule is C[C](C)(C)[Sn]1[C](c2ccccc2)=C(c2ccccc2)C(c2ccccc2)=[C]1c1ccccc1.[Li]. The van der Waals surface area contributed by atoms with Crippen LogP contribution in [0.25, 0.3) is 18.3 Å². The summed E-state index contributed by atoms with van der Waals surface area (Å²) < 4.78 is 3.47. The Morgan fingerprint density at radius 3 is 0.941 bits per heavy atom. The Morgan fingerprint density at radius 1 is 0.412 bits per heavy atom. The molecular weight excluding hydrogens is 510 g/mol. The quantitative estimate of drug-likeness (QED) is 0.230. The Kier molecular flexibility index (Phi) is 7.73. The number of allylic oxidation sites excluding steroid dienone is 2. The maximum Gasteiger partial charge on any atom is 0 e. The zero-order chi connectivity index (χ0) is 22.8. The normalized spacial score (nSPS) is 14.3. The minimum atomic E-state index is -2.44. The van der Waals surface area contributed by atoms with Crippen molar-refractivity contribution in [3.63, 3.8) is 0 Å². The molecule has 0 amide bonds. The second-order valence-corrected chi connectivity index (χ2v) is 18.9. The Labute approximate surface area is 223 Å². The van der Waals surface area contributed by atoms with Crippen molar-refractivity contribution in [3.8, 4) is 0 Å². The summed E-state index contributed by atoms with van der Waals surface area (Å²) in [4.78, 5) is 0. The Balaban J connectivity index is 0.00000274. The van der Waals surface area contributed by atoms with Crippen molar-refractivity contribution in [1.82, 2.24) is 0 Å². The van der Waals surface area contributed by atoms with Crippen molar-refractivity contribution in [2.45, 2.75) is 24.2 Å². The summed E-state index contributed by atoms with van der Waals surface area (Å²) in [5, 5.41) is 0. The molecule has 0 unspecified atom stereocenters. The first-order valence-corrected chi connectivity index (χ1v) is 15.9. The fourth-order valence-electron chi connectivity index (χ4n) is 4.95. The van der Waals surface area contributed by atoms with Crippen molar-refractivity contribution in [1.29, 1.82) is 0 Å². The van der Waals surface area contributed by atoms with E-state index in [0.717, 1.165) is 0 Å². The van der Waals surface area contributed by atoms with E-state index in [9.17, 15) is 0 Å². The van der Waals surface area contributed by atoms with Gasteiger partial charge in [0.05, 0.1) is 0 Å². The van der Waals surface area contributed by atoms with Crippen LogP contribution in [0.3, 0.4) is 0 Å². The molecule has 0 N–H and O–H groups in total. The molecule has 0 bridgehead atoms. The molecule has 0 saturated heterocycles. The topological polar surface area (TPSA) is 0 Å². The van der Waals surface area contributed by atoms with Crippen LogP contribution < -0.4 is 0 Å². The zero-order valence-corrected chi connectivity index (χ0v) is 23.4. The molecule has 2 heteroatoms. The molecule has 0 saturated carbocycles. The maximum absolute atomic E-state index is 2.46. The van der Waals surface area contributed by atoms with Crippen molar-refractivity contribution in [2.24, 2.45) is 0 Å². The minimum Gasteiger partial charge on any atom is 0 e. The van der Waals surface area contributed by atoms with Gasteiger partial charge in [-0.25, -0.2) is 0 Å². The maximum atomic E-state index is 2.46. The van der Waals surface area contributed by atoms with Crippen LogP contribution in [0, 0.1) is 0 Å². The summed E-state index contributed by atoms with van der Waals surface area (Å²) in [6.07, 6.45) is 0. The molecule has 1 aliphatic rings. The van der Waals surface area contributed by atoms with Crippen LogP contribution in [0.2, 0.25) is 3.43 Å². The Morgan fingerprint density at radius 2 is 0.676 bits per heavy atom. The molecule has 0 fully saturated rings. The number of hydrogen-bond acceptors (Lipinski definition) is 0. The van der Waals surface area contributed by atoms with Crippen LogP contribution >= 0.6 is 0 Å². The van der Waals surface area contributed by atoms with Crippen LogP contribution in [0.5, 0.6) is 0 Å². The molecule has 4 aromatic carbocycles. The summed E-state index contributed by atoms with van der Waals surface area (Å²) in [5.41, 5.74) is 8.31. The third-order valence-corrected chi connectivity index (χ3v) is 16.5. The van der Waals surface area contributed by atoms with Gasteiger partial charge in [0.2, 0.25) is 0 Å². The Bertz CT molecular complexity index is 1200. The third-order valence-electron chi connectivity index (χ3n) is 6.25. The molecule has 0 nitrogen and oxygen atoms in total. The summed E-state index contributed by atoms with van der Waals surface area (Å²) in [7, 11) is 0. The van der Waals surface area contributed by atoms with Gasteiger partial charge >= 0.3 is 206 Å². The first kappa shape index (κ1) is 24.9. The second-order valence-electron chi connectivity index (χ2n) is 9.59. The number of rotatable bonds is 4. The average molecular weight is 539 g/mol. The predicted molar refractivity (Wildman–Crippen MR) is 151 cm³/mol. The molecule has 1 aliphatic heterocycles. The molecule has 0 atom stereocenters. The van der Waals surface area contributed by atoms with Gasteiger partial charge in [-0.2, -0.15) is 0 Å². The van der Waals surface area contributed by atoms with Gasteiger partial charge < -0.3 is 0 Å². The van der Waals surface area contributed by atoms with E-state index in [1.165, 1.54) is 33.4 Å². The number of benzene rings is 4. The van der Waals surface area contributed by atoms with E-state index in [2.05, 4.69) is 142 Å². The second kappa shape index (κ2) is 10.6. The van der Waals surface area contributed by atoms with Crippen LogP contribution in [0.15, 0.2) is 121 Å². The molecular formula is C32H29LiSn. The van der Waals surface area contributed by atoms with Crippen LogP contribution in [-0.4, -0.2) is 38.6 Å². The number of hydrogen-bond donors (Lipinski definition) is 0. The summed E-state index contributed by atoms with van der Waals surface area (Å²) >= 11 is -2.44. The molecule has 162 valence electrons.